The van der Waals surface area contributed by atoms with Crippen LogP contribution >= 0.6 is 0 Å². The van der Waals surface area contributed by atoms with Gasteiger partial charge < -0.3 is 10.6 Å². The van der Waals surface area contributed by atoms with Crippen LogP contribution in [0.2, 0.25) is 0 Å². The summed E-state index contributed by atoms with van der Waals surface area (Å²) in [5.41, 5.74) is 6.68. The molecule has 1 aliphatic rings. The van der Waals surface area contributed by atoms with E-state index in [2.05, 4.69) is 21.9 Å². The second kappa shape index (κ2) is 3.92. The fourth-order valence-corrected chi connectivity index (χ4v) is 1.90. The van der Waals surface area contributed by atoms with Crippen LogP contribution in [0.15, 0.2) is 12.4 Å². The van der Waals surface area contributed by atoms with Crippen molar-refractivity contribution in [3.8, 4) is 0 Å². The molecule has 0 saturated carbocycles. The van der Waals surface area contributed by atoms with Crippen LogP contribution in [0.4, 0.5) is 5.95 Å². The van der Waals surface area contributed by atoms with E-state index < -0.39 is 0 Å². The van der Waals surface area contributed by atoms with Crippen LogP contribution in [0.1, 0.15) is 24.3 Å². The molecule has 2 rings (SSSR count). The summed E-state index contributed by atoms with van der Waals surface area (Å²) in [5.74, 6) is 0.980. The first-order valence-electron chi connectivity index (χ1n) is 5.01. The molecule has 4 nitrogen and oxygen atoms in total. The van der Waals surface area contributed by atoms with E-state index in [0.29, 0.717) is 11.9 Å². The molecular formula is C10H16N4. The molecule has 4 heteroatoms. The Kier molecular flexibility index (Phi) is 2.63. The molecule has 0 unspecified atom stereocenters. The second-order valence-electron chi connectivity index (χ2n) is 3.95. The molecule has 1 aromatic rings. The minimum absolute atomic E-state index is 0.363. The Morgan fingerprint density at radius 2 is 1.86 bits per heavy atom. The number of rotatable bonds is 1. The molecule has 0 aliphatic carbocycles. The van der Waals surface area contributed by atoms with Gasteiger partial charge in [0.15, 0.2) is 0 Å². The fourth-order valence-electron chi connectivity index (χ4n) is 1.90. The summed E-state index contributed by atoms with van der Waals surface area (Å²) in [6.45, 7) is 2.32. The predicted molar refractivity (Wildman–Crippen MR) is 55.9 cm³/mol. The van der Waals surface area contributed by atoms with Gasteiger partial charge in [0, 0.05) is 12.4 Å². The molecular weight excluding hydrogens is 176 g/mol. The maximum absolute atomic E-state index is 5.45. The number of likely N-dealkylation sites (tertiary alicyclic amines) is 1. The molecule has 0 aromatic carbocycles. The first-order valence-corrected chi connectivity index (χ1v) is 5.01. The normalized spacial score (nSPS) is 19.8. The highest BCUT2D eigenvalue weighted by molar-refractivity contribution is 5.20. The lowest BCUT2D eigenvalue weighted by Gasteiger charge is -2.28. The zero-order valence-corrected chi connectivity index (χ0v) is 8.48. The van der Waals surface area contributed by atoms with E-state index in [1.807, 2.05) is 12.4 Å². The molecule has 0 radical (unpaired) electrons. The number of anilines is 1. The molecule has 1 fully saturated rings. The number of nitrogens with zero attached hydrogens (tertiary/aromatic N) is 3. The van der Waals surface area contributed by atoms with E-state index in [1.54, 1.807) is 0 Å². The third-order valence-electron chi connectivity index (χ3n) is 2.88. The van der Waals surface area contributed by atoms with Gasteiger partial charge in [-0.15, -0.1) is 0 Å². The molecule has 0 spiro atoms. The summed E-state index contributed by atoms with van der Waals surface area (Å²) in [7, 11) is 2.16. The van der Waals surface area contributed by atoms with E-state index in [9.17, 15) is 0 Å². The number of nitrogen functional groups attached to an aromatic ring is 1. The highest BCUT2D eigenvalue weighted by Crippen LogP contribution is 2.26. The summed E-state index contributed by atoms with van der Waals surface area (Å²) in [6, 6.07) is 0. The number of nitrogens with two attached hydrogens (primary N) is 1. The zero-order chi connectivity index (χ0) is 9.97. The van der Waals surface area contributed by atoms with Gasteiger partial charge in [0.05, 0.1) is 0 Å². The number of hydrogen-bond donors (Lipinski definition) is 1. The summed E-state index contributed by atoms with van der Waals surface area (Å²) in [6.07, 6.45) is 6.12. The van der Waals surface area contributed by atoms with Gasteiger partial charge in [-0.25, -0.2) is 9.97 Å². The first kappa shape index (κ1) is 9.40. The van der Waals surface area contributed by atoms with Crippen LogP contribution in [-0.4, -0.2) is 35.0 Å². The van der Waals surface area contributed by atoms with Crippen LogP contribution in [0.3, 0.4) is 0 Å². The minimum Gasteiger partial charge on any atom is -0.368 e. The van der Waals surface area contributed by atoms with Crippen molar-refractivity contribution in [3.63, 3.8) is 0 Å². The van der Waals surface area contributed by atoms with Gasteiger partial charge in [0.2, 0.25) is 5.95 Å². The van der Waals surface area contributed by atoms with E-state index in [4.69, 9.17) is 5.73 Å². The molecule has 76 valence electrons. The third kappa shape index (κ3) is 2.01. The summed E-state index contributed by atoms with van der Waals surface area (Å²) in [5, 5.41) is 0. The Hall–Kier alpha value is -1.16. The van der Waals surface area contributed by atoms with E-state index in [0.717, 1.165) is 13.1 Å². The Morgan fingerprint density at radius 3 is 2.43 bits per heavy atom. The van der Waals surface area contributed by atoms with Crippen molar-refractivity contribution in [3.05, 3.63) is 18.0 Å². The smallest absolute Gasteiger partial charge is 0.219 e. The van der Waals surface area contributed by atoms with E-state index in [-0.39, 0.29) is 0 Å². The van der Waals surface area contributed by atoms with Crippen LogP contribution < -0.4 is 5.73 Å². The summed E-state index contributed by atoms with van der Waals surface area (Å²) in [4.78, 5) is 10.4. The van der Waals surface area contributed by atoms with E-state index >= 15 is 0 Å². The molecule has 0 amide bonds. The van der Waals surface area contributed by atoms with Crippen LogP contribution in [0, 0.1) is 0 Å². The van der Waals surface area contributed by atoms with Crippen molar-refractivity contribution in [2.24, 2.45) is 0 Å². The van der Waals surface area contributed by atoms with Gasteiger partial charge in [-0.1, -0.05) is 0 Å². The van der Waals surface area contributed by atoms with Crippen molar-refractivity contribution in [1.29, 1.82) is 0 Å². The predicted octanol–water partition coefficient (Wildman–Crippen LogP) is 0.868. The zero-order valence-electron chi connectivity index (χ0n) is 8.48. The second-order valence-corrected chi connectivity index (χ2v) is 3.95. The topological polar surface area (TPSA) is 55.0 Å². The van der Waals surface area contributed by atoms with Crippen LogP contribution in [0.25, 0.3) is 0 Å². The maximum Gasteiger partial charge on any atom is 0.219 e. The Morgan fingerprint density at radius 1 is 1.29 bits per heavy atom. The van der Waals surface area contributed by atoms with Crippen molar-refractivity contribution < 1.29 is 0 Å². The summed E-state index contributed by atoms with van der Waals surface area (Å²) < 4.78 is 0. The molecule has 14 heavy (non-hydrogen) atoms. The largest absolute Gasteiger partial charge is 0.368 e. The molecule has 0 bridgehead atoms. The number of piperidine rings is 1. The molecule has 2 N–H and O–H groups in total. The van der Waals surface area contributed by atoms with Crippen molar-refractivity contribution in [2.75, 3.05) is 25.9 Å². The van der Waals surface area contributed by atoms with Crippen molar-refractivity contribution >= 4 is 5.95 Å². The standard InChI is InChI=1S/C10H16N4/c1-14-4-2-8(3-5-14)9-6-12-10(11)13-7-9/h6-8H,2-5H2,1H3,(H2,11,12,13). The Balaban J connectivity index is 2.05. The van der Waals surface area contributed by atoms with E-state index in [1.165, 1.54) is 18.4 Å². The maximum atomic E-state index is 5.45. The lowest BCUT2D eigenvalue weighted by Crippen LogP contribution is -2.29. The van der Waals surface area contributed by atoms with Crippen molar-refractivity contribution in [2.45, 2.75) is 18.8 Å². The lowest BCUT2D eigenvalue weighted by atomic mass is 9.92. The number of hydrogen-bond acceptors (Lipinski definition) is 4. The van der Waals surface area contributed by atoms with Crippen molar-refractivity contribution in [1.82, 2.24) is 14.9 Å². The van der Waals surface area contributed by atoms with Gasteiger partial charge in [0.25, 0.3) is 0 Å². The lowest BCUT2D eigenvalue weighted by molar-refractivity contribution is 0.255. The molecule has 1 aromatic heterocycles. The highest BCUT2D eigenvalue weighted by Gasteiger charge is 2.18. The van der Waals surface area contributed by atoms with Gasteiger partial charge in [0.1, 0.15) is 0 Å². The fraction of sp³-hybridized carbons (Fsp3) is 0.600. The molecule has 1 aliphatic heterocycles. The molecule has 1 saturated heterocycles. The number of aromatic nitrogens is 2. The van der Waals surface area contributed by atoms with Gasteiger partial charge >= 0.3 is 0 Å². The van der Waals surface area contributed by atoms with Crippen LogP contribution in [0.5, 0.6) is 0 Å². The monoisotopic (exact) mass is 192 g/mol. The molecule has 0 atom stereocenters. The quantitative estimate of drug-likeness (QED) is 0.717. The van der Waals surface area contributed by atoms with Gasteiger partial charge in [-0.2, -0.15) is 0 Å². The third-order valence-corrected chi connectivity index (χ3v) is 2.88. The first-order chi connectivity index (χ1) is 6.75. The summed E-state index contributed by atoms with van der Waals surface area (Å²) >= 11 is 0. The molecule has 2 heterocycles. The SMILES string of the molecule is CN1CCC(c2cnc(N)nc2)CC1. The average molecular weight is 192 g/mol. The average Bonchev–Trinajstić information content (AvgIpc) is 2.21. The minimum atomic E-state index is 0.363. The Bertz CT molecular complexity index is 287. The highest BCUT2D eigenvalue weighted by atomic mass is 15.1. The Labute approximate surface area is 84.2 Å². The van der Waals surface area contributed by atoms with Gasteiger partial charge in [-0.05, 0) is 44.5 Å². The van der Waals surface area contributed by atoms with Crippen LogP contribution in [-0.2, 0) is 0 Å². The van der Waals surface area contributed by atoms with Gasteiger partial charge in [-0.3, -0.25) is 0 Å².